The Kier molecular flexibility index (Phi) is 5.13. The third-order valence-electron chi connectivity index (χ3n) is 2.54. The maximum absolute atomic E-state index is 11.7. The van der Waals surface area contributed by atoms with Crippen molar-refractivity contribution in [3.8, 4) is 0 Å². The lowest BCUT2D eigenvalue weighted by Gasteiger charge is -2.16. The van der Waals surface area contributed by atoms with Crippen LogP contribution in [0.3, 0.4) is 0 Å². The summed E-state index contributed by atoms with van der Waals surface area (Å²) >= 11 is 0. The molecule has 0 aromatic carbocycles. The van der Waals surface area contributed by atoms with Gasteiger partial charge in [0.15, 0.2) is 0 Å². The van der Waals surface area contributed by atoms with Crippen LogP contribution >= 0.6 is 0 Å². The molecule has 2 unspecified atom stereocenters. The number of nitrogens with two attached hydrogens (primary N) is 1. The number of furan rings is 1. The number of carboxylic acid groups (broad SMARTS) is 1. The molecule has 1 aromatic heterocycles. The van der Waals surface area contributed by atoms with Gasteiger partial charge in [0.25, 0.3) is 0 Å². The van der Waals surface area contributed by atoms with Crippen LogP contribution in [-0.2, 0) is 9.59 Å². The average Bonchev–Trinajstić information content (AvgIpc) is 2.74. The summed E-state index contributed by atoms with van der Waals surface area (Å²) in [5.41, 5.74) is 4.91. The van der Waals surface area contributed by atoms with Crippen LogP contribution in [0.25, 0.3) is 0 Å². The molecular weight excluding hydrogens is 266 g/mol. The molecular formula is C12H17N3O5. The maximum atomic E-state index is 11.7. The van der Waals surface area contributed by atoms with Crippen molar-refractivity contribution in [2.24, 2.45) is 5.73 Å². The Labute approximate surface area is 115 Å². The second-order valence-electron chi connectivity index (χ2n) is 4.35. The first-order chi connectivity index (χ1) is 9.29. The van der Waals surface area contributed by atoms with Crippen LogP contribution in [0, 0.1) is 6.92 Å². The number of carboxylic acids is 1. The molecule has 0 bridgehead atoms. The second-order valence-corrected chi connectivity index (χ2v) is 4.35. The number of nitrogens with one attached hydrogen (secondary N) is 2. The first-order valence-electron chi connectivity index (χ1n) is 5.94. The zero-order valence-electron chi connectivity index (χ0n) is 11.2. The molecule has 1 rings (SSSR count). The average molecular weight is 283 g/mol. The second kappa shape index (κ2) is 6.60. The van der Waals surface area contributed by atoms with Crippen molar-refractivity contribution in [2.75, 3.05) is 0 Å². The smallest absolute Gasteiger partial charge is 0.326 e. The van der Waals surface area contributed by atoms with Crippen LogP contribution in [0.15, 0.2) is 16.5 Å². The Balaban J connectivity index is 2.57. The number of hydrogen-bond acceptors (Lipinski definition) is 4. The third-order valence-corrected chi connectivity index (χ3v) is 2.54. The minimum atomic E-state index is -1.36. The van der Waals surface area contributed by atoms with E-state index in [1.807, 2.05) is 0 Å². The zero-order valence-corrected chi connectivity index (χ0v) is 11.2. The Morgan fingerprint density at radius 1 is 1.35 bits per heavy atom. The Morgan fingerprint density at radius 2 is 2.00 bits per heavy atom. The molecule has 3 amide bonds. The summed E-state index contributed by atoms with van der Waals surface area (Å²) in [6, 6.07) is 0.932. The van der Waals surface area contributed by atoms with Gasteiger partial charge in [0.2, 0.25) is 5.91 Å². The topological polar surface area (TPSA) is 135 Å². The molecule has 0 saturated heterocycles. The van der Waals surface area contributed by atoms with E-state index in [-0.39, 0.29) is 0 Å². The van der Waals surface area contributed by atoms with Gasteiger partial charge >= 0.3 is 12.0 Å². The Morgan fingerprint density at radius 3 is 2.45 bits per heavy atom. The van der Waals surface area contributed by atoms with Crippen molar-refractivity contribution < 1.29 is 23.9 Å². The maximum Gasteiger partial charge on any atom is 0.326 e. The summed E-state index contributed by atoms with van der Waals surface area (Å²) in [5, 5.41) is 13.5. The molecule has 0 spiro atoms. The SMILES string of the molecule is Cc1ccc(C(C)NC(=O)NC(CC(N)=O)C(=O)O)o1. The molecule has 2 atom stereocenters. The van der Waals surface area contributed by atoms with Crippen LogP contribution in [-0.4, -0.2) is 29.1 Å². The number of aryl methyl sites for hydroxylation is 1. The fourth-order valence-corrected chi connectivity index (χ4v) is 1.56. The third kappa shape index (κ3) is 4.63. The predicted octanol–water partition coefficient (Wildman–Crippen LogP) is 0.277. The normalized spacial score (nSPS) is 13.3. The minimum absolute atomic E-state index is 0.438. The number of hydrogen-bond donors (Lipinski definition) is 4. The van der Waals surface area contributed by atoms with Gasteiger partial charge in [0.05, 0.1) is 12.5 Å². The molecule has 0 saturated carbocycles. The summed E-state index contributed by atoms with van der Waals surface area (Å²) in [5.74, 6) is -0.904. The molecule has 0 aliphatic rings. The molecule has 0 fully saturated rings. The fraction of sp³-hybridized carbons (Fsp3) is 0.417. The van der Waals surface area contributed by atoms with Crippen LogP contribution in [0.1, 0.15) is 30.9 Å². The number of rotatable bonds is 6. The van der Waals surface area contributed by atoms with Crippen LogP contribution in [0.2, 0.25) is 0 Å². The molecule has 1 heterocycles. The van der Waals surface area contributed by atoms with Gasteiger partial charge in [-0.05, 0) is 26.0 Å². The first kappa shape index (κ1) is 15.5. The lowest BCUT2D eigenvalue weighted by Crippen LogP contribution is -2.48. The van der Waals surface area contributed by atoms with Gasteiger partial charge in [-0.25, -0.2) is 9.59 Å². The Bertz CT molecular complexity index is 511. The monoisotopic (exact) mass is 283 g/mol. The van der Waals surface area contributed by atoms with Crippen LogP contribution < -0.4 is 16.4 Å². The Hall–Kier alpha value is -2.51. The van der Waals surface area contributed by atoms with E-state index in [1.54, 1.807) is 26.0 Å². The summed E-state index contributed by atoms with van der Waals surface area (Å²) < 4.78 is 5.33. The number of carbonyl (C=O) groups is 3. The highest BCUT2D eigenvalue weighted by atomic mass is 16.4. The van der Waals surface area contributed by atoms with Crippen molar-refractivity contribution in [3.63, 3.8) is 0 Å². The van der Waals surface area contributed by atoms with Crippen molar-refractivity contribution in [1.29, 1.82) is 0 Å². The number of carbonyl (C=O) groups excluding carboxylic acids is 2. The van der Waals surface area contributed by atoms with E-state index in [4.69, 9.17) is 15.3 Å². The summed E-state index contributed by atoms with van der Waals surface area (Å²) in [6.07, 6.45) is -0.475. The highest BCUT2D eigenvalue weighted by Gasteiger charge is 2.23. The van der Waals surface area contributed by atoms with Crippen molar-refractivity contribution in [1.82, 2.24) is 10.6 Å². The van der Waals surface area contributed by atoms with Gasteiger partial charge in [-0.3, -0.25) is 4.79 Å². The highest BCUT2D eigenvalue weighted by Crippen LogP contribution is 2.15. The molecule has 1 aromatic rings. The quantitative estimate of drug-likeness (QED) is 0.594. The van der Waals surface area contributed by atoms with E-state index < -0.39 is 36.4 Å². The fourth-order valence-electron chi connectivity index (χ4n) is 1.56. The van der Waals surface area contributed by atoms with E-state index in [0.717, 1.165) is 0 Å². The zero-order chi connectivity index (χ0) is 15.3. The summed E-state index contributed by atoms with van der Waals surface area (Å²) in [7, 11) is 0. The van der Waals surface area contributed by atoms with Gasteiger partial charge in [0.1, 0.15) is 17.6 Å². The van der Waals surface area contributed by atoms with Gasteiger partial charge in [-0.1, -0.05) is 0 Å². The standard InChI is InChI=1S/C12H17N3O5/c1-6-3-4-9(20-6)7(2)14-12(19)15-8(11(17)18)5-10(13)16/h3-4,7-8H,5H2,1-2H3,(H2,13,16)(H,17,18)(H2,14,15,19). The van der Waals surface area contributed by atoms with Crippen molar-refractivity contribution >= 4 is 17.9 Å². The first-order valence-corrected chi connectivity index (χ1v) is 5.94. The number of amides is 3. The summed E-state index contributed by atoms with van der Waals surface area (Å²) in [6.45, 7) is 3.45. The largest absolute Gasteiger partial charge is 0.480 e. The molecule has 20 heavy (non-hydrogen) atoms. The van der Waals surface area contributed by atoms with Gasteiger partial charge < -0.3 is 25.9 Å². The molecule has 0 radical (unpaired) electrons. The number of urea groups is 1. The highest BCUT2D eigenvalue weighted by molar-refractivity contribution is 5.87. The van der Waals surface area contributed by atoms with Gasteiger partial charge in [0, 0.05) is 0 Å². The van der Waals surface area contributed by atoms with E-state index in [1.165, 1.54) is 0 Å². The van der Waals surface area contributed by atoms with E-state index in [0.29, 0.717) is 11.5 Å². The number of aliphatic carboxylic acids is 1. The lowest BCUT2D eigenvalue weighted by molar-refractivity contribution is -0.140. The van der Waals surface area contributed by atoms with E-state index in [2.05, 4.69) is 10.6 Å². The van der Waals surface area contributed by atoms with Crippen LogP contribution in [0.5, 0.6) is 0 Å². The minimum Gasteiger partial charge on any atom is -0.480 e. The molecule has 110 valence electrons. The molecule has 8 heteroatoms. The lowest BCUT2D eigenvalue weighted by atomic mass is 10.2. The molecule has 5 N–H and O–H groups in total. The van der Waals surface area contributed by atoms with Gasteiger partial charge in [-0.15, -0.1) is 0 Å². The van der Waals surface area contributed by atoms with Crippen molar-refractivity contribution in [3.05, 3.63) is 23.7 Å². The molecule has 0 aliphatic carbocycles. The van der Waals surface area contributed by atoms with E-state index >= 15 is 0 Å². The van der Waals surface area contributed by atoms with Crippen molar-refractivity contribution in [2.45, 2.75) is 32.4 Å². The molecule has 8 nitrogen and oxygen atoms in total. The van der Waals surface area contributed by atoms with E-state index in [9.17, 15) is 14.4 Å². The molecule has 0 aliphatic heterocycles. The van der Waals surface area contributed by atoms with Crippen LogP contribution in [0.4, 0.5) is 4.79 Å². The summed E-state index contributed by atoms with van der Waals surface area (Å²) in [4.78, 5) is 33.2. The predicted molar refractivity (Wildman–Crippen MR) is 68.8 cm³/mol. The number of primary amides is 1. The van der Waals surface area contributed by atoms with Gasteiger partial charge in [-0.2, -0.15) is 0 Å².